The fourth-order valence-corrected chi connectivity index (χ4v) is 2.36. The van der Waals surface area contributed by atoms with Gasteiger partial charge in [-0.1, -0.05) is 26.5 Å². The summed E-state index contributed by atoms with van der Waals surface area (Å²) in [6.07, 6.45) is 0.461. The van der Waals surface area contributed by atoms with E-state index in [1.54, 1.807) is 55.4 Å². The van der Waals surface area contributed by atoms with Crippen LogP contribution in [-0.4, -0.2) is 53.8 Å². The fraction of sp³-hybridized carbons (Fsp3) is 0.727. The zero-order chi connectivity index (χ0) is 24.4. The average molecular weight is 443 g/mol. The van der Waals surface area contributed by atoms with E-state index in [9.17, 15) is 19.2 Å². The average Bonchev–Trinajstić information content (AvgIpc) is 2.57. The zero-order valence-electron chi connectivity index (χ0n) is 20.0. The first kappa shape index (κ1) is 28.4. The molecule has 2 amide bonds. The van der Waals surface area contributed by atoms with E-state index in [2.05, 4.69) is 17.2 Å². The standard InChI is InChI=1S/C22H38N2O7/c1-10-13-29-19(27)17(14(2)3)24-18(26)15(23-20(28)31-22(7,8)9)11-12-16(25)30-21(4,5)6/h10,14-15,17H,1,11-13H2,2-9H3,(H,23,28)(H,24,26). The van der Waals surface area contributed by atoms with Crippen molar-refractivity contribution in [3.8, 4) is 0 Å². The van der Waals surface area contributed by atoms with Crippen molar-refractivity contribution >= 4 is 23.9 Å². The van der Waals surface area contributed by atoms with E-state index in [1.165, 1.54) is 6.08 Å². The molecule has 0 aliphatic rings. The molecule has 0 saturated heterocycles. The van der Waals surface area contributed by atoms with Crippen LogP contribution in [0.25, 0.3) is 0 Å². The van der Waals surface area contributed by atoms with E-state index in [-0.39, 0.29) is 25.4 Å². The van der Waals surface area contributed by atoms with Gasteiger partial charge in [-0.05, 0) is 53.9 Å². The van der Waals surface area contributed by atoms with Crippen LogP contribution in [0.4, 0.5) is 4.79 Å². The van der Waals surface area contributed by atoms with Crippen LogP contribution in [0, 0.1) is 5.92 Å². The van der Waals surface area contributed by atoms with Gasteiger partial charge in [-0.15, -0.1) is 0 Å². The first-order valence-electron chi connectivity index (χ1n) is 10.3. The molecule has 0 spiro atoms. The van der Waals surface area contributed by atoms with Crippen LogP contribution in [0.3, 0.4) is 0 Å². The Hall–Kier alpha value is -2.58. The second kappa shape index (κ2) is 12.3. The van der Waals surface area contributed by atoms with Crippen LogP contribution in [0.2, 0.25) is 0 Å². The summed E-state index contributed by atoms with van der Waals surface area (Å²) in [7, 11) is 0. The predicted octanol–water partition coefficient (Wildman–Crippen LogP) is 2.87. The van der Waals surface area contributed by atoms with E-state index in [1.807, 2.05) is 0 Å². The third-order valence-electron chi connectivity index (χ3n) is 3.63. The van der Waals surface area contributed by atoms with Crippen molar-refractivity contribution < 1.29 is 33.4 Å². The summed E-state index contributed by atoms with van der Waals surface area (Å²) >= 11 is 0. The maximum Gasteiger partial charge on any atom is 0.408 e. The molecule has 9 nitrogen and oxygen atoms in total. The Morgan fingerprint density at radius 1 is 0.935 bits per heavy atom. The van der Waals surface area contributed by atoms with Gasteiger partial charge in [-0.2, -0.15) is 0 Å². The molecule has 0 saturated carbocycles. The number of rotatable bonds is 10. The number of amides is 2. The maximum absolute atomic E-state index is 12.9. The van der Waals surface area contributed by atoms with Crippen LogP contribution >= 0.6 is 0 Å². The Balaban J connectivity index is 5.35. The number of alkyl carbamates (subject to hydrolysis) is 1. The number of carbonyl (C=O) groups excluding carboxylic acids is 4. The number of ether oxygens (including phenoxy) is 3. The molecule has 0 rings (SSSR count). The zero-order valence-corrected chi connectivity index (χ0v) is 20.0. The molecule has 0 fully saturated rings. The molecular weight excluding hydrogens is 404 g/mol. The van der Waals surface area contributed by atoms with Gasteiger partial charge in [-0.25, -0.2) is 9.59 Å². The minimum atomic E-state index is -1.11. The van der Waals surface area contributed by atoms with E-state index in [0.717, 1.165) is 0 Å². The van der Waals surface area contributed by atoms with E-state index in [0.29, 0.717) is 0 Å². The van der Waals surface area contributed by atoms with E-state index >= 15 is 0 Å². The van der Waals surface area contributed by atoms with Gasteiger partial charge in [-0.3, -0.25) is 9.59 Å². The largest absolute Gasteiger partial charge is 0.460 e. The van der Waals surface area contributed by atoms with Crippen molar-refractivity contribution in [3.63, 3.8) is 0 Å². The summed E-state index contributed by atoms with van der Waals surface area (Å²) in [5, 5.41) is 5.06. The van der Waals surface area contributed by atoms with Gasteiger partial charge in [0.1, 0.15) is 29.9 Å². The smallest absolute Gasteiger partial charge is 0.408 e. The number of hydrogen-bond donors (Lipinski definition) is 2. The van der Waals surface area contributed by atoms with Gasteiger partial charge >= 0.3 is 18.0 Å². The second-order valence-corrected chi connectivity index (χ2v) is 9.47. The molecule has 0 aromatic heterocycles. The molecule has 0 bridgehead atoms. The van der Waals surface area contributed by atoms with Crippen LogP contribution in [0.1, 0.15) is 68.2 Å². The Bertz CT molecular complexity index is 645. The molecule has 31 heavy (non-hydrogen) atoms. The molecule has 0 aliphatic heterocycles. The molecule has 0 aromatic carbocycles. The Kier molecular flexibility index (Phi) is 11.3. The van der Waals surface area contributed by atoms with Crippen molar-refractivity contribution in [3.05, 3.63) is 12.7 Å². The molecule has 0 aliphatic carbocycles. The lowest BCUT2D eigenvalue weighted by atomic mass is 10.0. The van der Waals surface area contributed by atoms with Gasteiger partial charge < -0.3 is 24.8 Å². The topological polar surface area (TPSA) is 120 Å². The Morgan fingerprint density at radius 2 is 1.48 bits per heavy atom. The first-order chi connectivity index (χ1) is 14.1. The third kappa shape index (κ3) is 13.4. The summed E-state index contributed by atoms with van der Waals surface area (Å²) in [5.74, 6) is -2.04. The normalized spacial score (nSPS) is 13.6. The third-order valence-corrected chi connectivity index (χ3v) is 3.63. The number of carbonyl (C=O) groups is 4. The second-order valence-electron chi connectivity index (χ2n) is 9.47. The first-order valence-corrected chi connectivity index (χ1v) is 10.3. The summed E-state index contributed by atoms with van der Waals surface area (Å²) in [6, 6.07) is -2.05. The molecule has 9 heteroatoms. The molecule has 0 aromatic rings. The molecule has 2 N–H and O–H groups in total. The van der Waals surface area contributed by atoms with Crippen molar-refractivity contribution in [1.29, 1.82) is 0 Å². The van der Waals surface area contributed by atoms with Gasteiger partial charge in [0.15, 0.2) is 0 Å². The van der Waals surface area contributed by atoms with Crippen LogP contribution in [0.5, 0.6) is 0 Å². The molecule has 2 unspecified atom stereocenters. The molecule has 178 valence electrons. The fourth-order valence-electron chi connectivity index (χ4n) is 2.36. The Morgan fingerprint density at radius 3 is 1.94 bits per heavy atom. The van der Waals surface area contributed by atoms with Crippen LogP contribution in [-0.2, 0) is 28.6 Å². The summed E-state index contributed by atoms with van der Waals surface area (Å²) in [4.78, 5) is 49.4. The van der Waals surface area contributed by atoms with Crippen molar-refractivity contribution in [2.75, 3.05) is 6.61 Å². The summed E-state index contributed by atoms with van der Waals surface area (Å²) in [5.41, 5.74) is -1.45. The number of hydrogen-bond acceptors (Lipinski definition) is 7. The predicted molar refractivity (Wildman–Crippen MR) is 116 cm³/mol. The molecule has 0 heterocycles. The monoisotopic (exact) mass is 442 g/mol. The lowest BCUT2D eigenvalue weighted by molar-refractivity contribution is -0.155. The quantitative estimate of drug-likeness (QED) is 0.303. The maximum atomic E-state index is 12.9. The molecular formula is C22H38N2O7. The van der Waals surface area contributed by atoms with Crippen molar-refractivity contribution in [1.82, 2.24) is 10.6 Å². The van der Waals surface area contributed by atoms with E-state index in [4.69, 9.17) is 14.2 Å². The highest BCUT2D eigenvalue weighted by Crippen LogP contribution is 2.12. The number of nitrogens with one attached hydrogen (secondary N) is 2. The Labute approximate surface area is 185 Å². The minimum Gasteiger partial charge on any atom is -0.460 e. The van der Waals surface area contributed by atoms with Gasteiger partial charge in [0.2, 0.25) is 5.91 Å². The van der Waals surface area contributed by atoms with Crippen LogP contribution in [0.15, 0.2) is 12.7 Å². The van der Waals surface area contributed by atoms with E-state index < -0.39 is 47.2 Å². The van der Waals surface area contributed by atoms with Gasteiger partial charge in [0.25, 0.3) is 0 Å². The molecule has 2 atom stereocenters. The highest BCUT2D eigenvalue weighted by Gasteiger charge is 2.31. The summed E-state index contributed by atoms with van der Waals surface area (Å²) < 4.78 is 15.5. The highest BCUT2D eigenvalue weighted by molar-refractivity contribution is 5.90. The van der Waals surface area contributed by atoms with Gasteiger partial charge in [0.05, 0.1) is 0 Å². The lowest BCUT2D eigenvalue weighted by Gasteiger charge is -2.26. The summed E-state index contributed by atoms with van der Waals surface area (Å²) in [6.45, 7) is 17.2. The number of esters is 2. The van der Waals surface area contributed by atoms with Crippen molar-refractivity contribution in [2.24, 2.45) is 5.92 Å². The highest BCUT2D eigenvalue weighted by atomic mass is 16.6. The SMILES string of the molecule is C=CCOC(=O)C(NC(=O)C(CCC(=O)OC(C)(C)C)NC(=O)OC(C)(C)C)C(C)C. The minimum absolute atomic E-state index is 0.0101. The lowest BCUT2D eigenvalue weighted by Crippen LogP contribution is -2.54. The van der Waals surface area contributed by atoms with Crippen LogP contribution < -0.4 is 10.6 Å². The van der Waals surface area contributed by atoms with Crippen molar-refractivity contribution in [2.45, 2.75) is 91.5 Å². The molecule has 0 radical (unpaired) electrons. The van der Waals surface area contributed by atoms with Gasteiger partial charge in [0, 0.05) is 6.42 Å².